The molecule has 4 aromatic carbocycles. The van der Waals surface area contributed by atoms with Gasteiger partial charge in [-0.25, -0.2) is 0 Å². The third-order valence-electron chi connectivity index (χ3n) is 7.11. The van der Waals surface area contributed by atoms with Crippen LogP contribution >= 0.6 is 11.8 Å². The van der Waals surface area contributed by atoms with Gasteiger partial charge in [-0.05, 0) is 89.6 Å². The number of hydrogen-bond acceptors (Lipinski definition) is 5. The maximum Gasteiger partial charge on any atom is 1.00 e. The van der Waals surface area contributed by atoms with E-state index >= 15 is 0 Å². The molecule has 0 aromatic heterocycles. The largest absolute Gasteiger partial charge is 1.00 e. The molecule has 1 amide bonds. The Bertz CT molecular complexity index is 1550. The molecule has 0 saturated heterocycles. The summed E-state index contributed by atoms with van der Waals surface area (Å²) < 4.78 is 39.4. The molecule has 4 rings (SSSR count). The number of hydrogen-bond donors (Lipinski definition) is 1. The Hall–Kier alpha value is -3.64. The van der Waals surface area contributed by atoms with E-state index in [1.165, 1.54) is 23.9 Å². The van der Waals surface area contributed by atoms with E-state index in [9.17, 15) is 27.9 Å². The predicted molar refractivity (Wildman–Crippen MR) is 164 cm³/mol. The van der Waals surface area contributed by atoms with Crippen LogP contribution in [0.5, 0.6) is 0 Å². The van der Waals surface area contributed by atoms with Crippen molar-refractivity contribution in [2.45, 2.75) is 38.7 Å². The van der Waals surface area contributed by atoms with Crippen molar-refractivity contribution in [2.24, 2.45) is 0 Å². The molecule has 0 aliphatic rings. The van der Waals surface area contributed by atoms with Crippen LogP contribution < -0.4 is 34.2 Å². The van der Waals surface area contributed by atoms with Gasteiger partial charge >= 0.3 is 25.0 Å². The van der Waals surface area contributed by atoms with Gasteiger partial charge in [-0.3, -0.25) is 4.79 Å². The number of carbonyl (C=O) groups is 2. The van der Waals surface area contributed by atoms with Crippen molar-refractivity contribution < 1.29 is 46.7 Å². The summed E-state index contributed by atoms with van der Waals surface area (Å²) >= 11 is 1.48. The maximum absolute atomic E-state index is 13.4. The first kappa shape index (κ1) is 34.8. The van der Waals surface area contributed by atoms with E-state index in [-0.39, 0.29) is 25.3 Å². The fourth-order valence-electron chi connectivity index (χ4n) is 4.82. The van der Waals surface area contributed by atoms with Crippen LogP contribution in [0.1, 0.15) is 39.0 Å². The van der Waals surface area contributed by atoms with Gasteiger partial charge < -0.3 is 20.1 Å². The Morgan fingerprint density at radius 1 is 0.864 bits per heavy atom. The van der Waals surface area contributed by atoms with E-state index in [1.807, 2.05) is 84.8 Å². The van der Waals surface area contributed by atoms with Crippen LogP contribution in [0, 0.1) is 6.92 Å². The van der Waals surface area contributed by atoms with Gasteiger partial charge in [-0.1, -0.05) is 60.7 Å². The van der Waals surface area contributed by atoms with Gasteiger partial charge in [0.2, 0.25) is 0 Å². The molecule has 0 aliphatic heterocycles. The number of aryl methyl sites for hydroxylation is 1. The summed E-state index contributed by atoms with van der Waals surface area (Å²) in [6, 6.07) is 26.6. The Kier molecular flexibility index (Phi) is 12.6. The Morgan fingerprint density at radius 3 is 2.09 bits per heavy atom. The van der Waals surface area contributed by atoms with Gasteiger partial charge in [0.25, 0.3) is 5.91 Å². The van der Waals surface area contributed by atoms with Gasteiger partial charge in [-0.15, -0.1) is 0 Å². The van der Waals surface area contributed by atoms with E-state index in [0.717, 1.165) is 34.5 Å². The standard InChI is InChI=1S/C34H33F3N2O3S.Li/c1-23-8-6-7-11-28(23)30-20-25(14-17-29(30)32(40)38-31(33(41)42)18-19-43-2)22-39(27-9-4-3-5-10-27)21-24-12-15-26(16-13-24)34(35,36)37;/h3-17,20,31H,18-19,21-22H2,1-2H3,(H,38,40)(H,41,42);/q;+1/p-1. The number of rotatable bonds is 12. The van der Waals surface area contributed by atoms with Crippen LogP contribution in [0.25, 0.3) is 11.1 Å². The molecule has 0 saturated carbocycles. The number of benzene rings is 4. The summed E-state index contributed by atoms with van der Waals surface area (Å²) in [6.45, 7) is 2.70. The molecule has 224 valence electrons. The van der Waals surface area contributed by atoms with Crippen molar-refractivity contribution in [1.82, 2.24) is 5.32 Å². The van der Waals surface area contributed by atoms with Gasteiger partial charge in [0.1, 0.15) is 0 Å². The number of nitrogens with zero attached hydrogens (tertiary/aromatic N) is 1. The number of anilines is 1. The number of alkyl halides is 3. The Morgan fingerprint density at radius 2 is 1.48 bits per heavy atom. The van der Waals surface area contributed by atoms with Gasteiger partial charge in [0, 0.05) is 24.3 Å². The molecule has 0 radical (unpaired) electrons. The zero-order chi connectivity index (χ0) is 31.0. The van der Waals surface area contributed by atoms with Gasteiger partial charge in [-0.2, -0.15) is 24.9 Å². The van der Waals surface area contributed by atoms with Crippen LogP contribution in [0.15, 0.2) is 97.1 Å². The van der Waals surface area contributed by atoms with Crippen molar-refractivity contribution in [3.8, 4) is 11.1 Å². The maximum atomic E-state index is 13.4. The van der Waals surface area contributed by atoms with E-state index in [1.54, 1.807) is 6.07 Å². The number of thioether (sulfide) groups is 1. The van der Waals surface area contributed by atoms with Crippen LogP contribution in [0.2, 0.25) is 0 Å². The van der Waals surface area contributed by atoms with Gasteiger partial charge in [0.15, 0.2) is 0 Å². The SMILES string of the molecule is CSCCC(NC(=O)c1ccc(CN(Cc2ccc(C(F)(F)F)cc2)c2ccccc2)cc1-c1ccccc1C)C(=O)[O-].[Li+]. The molecule has 0 bridgehead atoms. The summed E-state index contributed by atoms with van der Waals surface area (Å²) in [6.07, 6.45) is -2.31. The number of aliphatic carboxylic acids is 1. The number of carbonyl (C=O) groups excluding carboxylic acids is 2. The predicted octanol–water partition coefficient (Wildman–Crippen LogP) is 3.49. The molecule has 5 nitrogen and oxygen atoms in total. The van der Waals surface area contributed by atoms with E-state index in [0.29, 0.717) is 35.5 Å². The van der Waals surface area contributed by atoms with Crippen molar-refractivity contribution in [1.29, 1.82) is 0 Å². The molecular formula is C34H32F3LiN2O3S. The smallest absolute Gasteiger partial charge is 0.548 e. The Labute approximate surface area is 272 Å². The monoisotopic (exact) mass is 612 g/mol. The van der Waals surface area contributed by atoms with Crippen molar-refractivity contribution in [2.75, 3.05) is 16.9 Å². The van der Waals surface area contributed by atoms with E-state index in [4.69, 9.17) is 0 Å². The third kappa shape index (κ3) is 9.18. The quantitative estimate of drug-likeness (QED) is 0.248. The zero-order valence-corrected chi connectivity index (χ0v) is 25.7. The summed E-state index contributed by atoms with van der Waals surface area (Å²) in [5.74, 6) is -1.29. The summed E-state index contributed by atoms with van der Waals surface area (Å²) in [7, 11) is 0. The molecule has 1 atom stereocenters. The number of halogens is 3. The first-order chi connectivity index (χ1) is 20.6. The second-order valence-corrected chi connectivity index (χ2v) is 11.2. The molecule has 0 heterocycles. The first-order valence-electron chi connectivity index (χ1n) is 13.7. The van der Waals surface area contributed by atoms with Crippen LogP contribution in [0.3, 0.4) is 0 Å². The van der Waals surface area contributed by atoms with Crippen molar-refractivity contribution in [3.63, 3.8) is 0 Å². The number of nitrogens with one attached hydrogen (secondary N) is 1. The van der Waals surface area contributed by atoms with Crippen LogP contribution in [-0.4, -0.2) is 29.9 Å². The average Bonchev–Trinajstić information content (AvgIpc) is 2.99. The molecular weight excluding hydrogens is 580 g/mol. The summed E-state index contributed by atoms with van der Waals surface area (Å²) in [4.78, 5) is 27.2. The molecule has 0 fully saturated rings. The molecule has 1 unspecified atom stereocenters. The fraction of sp³-hybridized carbons (Fsp3) is 0.235. The molecule has 10 heteroatoms. The van der Waals surface area contributed by atoms with Gasteiger partial charge in [0.05, 0.1) is 17.6 Å². The molecule has 0 spiro atoms. The van der Waals surface area contributed by atoms with Crippen molar-refractivity contribution in [3.05, 3.63) is 125 Å². The number of para-hydroxylation sites is 1. The average molecular weight is 613 g/mol. The fourth-order valence-corrected chi connectivity index (χ4v) is 5.29. The molecule has 0 aliphatic carbocycles. The van der Waals surface area contributed by atoms with E-state index in [2.05, 4.69) is 5.32 Å². The number of carboxylic acids is 1. The third-order valence-corrected chi connectivity index (χ3v) is 7.76. The van der Waals surface area contributed by atoms with Crippen LogP contribution in [-0.2, 0) is 24.1 Å². The van der Waals surface area contributed by atoms with E-state index < -0.39 is 29.7 Å². The minimum atomic E-state index is -4.41. The topological polar surface area (TPSA) is 72.5 Å². The summed E-state index contributed by atoms with van der Waals surface area (Å²) in [5.41, 5.74) is 4.52. The molecule has 44 heavy (non-hydrogen) atoms. The van der Waals surface area contributed by atoms with Crippen molar-refractivity contribution >= 4 is 29.3 Å². The molecule has 1 N–H and O–H groups in total. The number of carboxylic acid groups (broad SMARTS) is 1. The minimum absolute atomic E-state index is 0. The normalized spacial score (nSPS) is 11.8. The minimum Gasteiger partial charge on any atom is -0.548 e. The van der Waals surface area contributed by atoms with Crippen LogP contribution in [0.4, 0.5) is 18.9 Å². The number of amides is 1. The second-order valence-electron chi connectivity index (χ2n) is 10.2. The Balaban J connectivity index is 0.00000529. The zero-order valence-electron chi connectivity index (χ0n) is 24.9. The molecule has 4 aromatic rings. The summed E-state index contributed by atoms with van der Waals surface area (Å²) in [5, 5.41) is 14.3. The second kappa shape index (κ2) is 15.9. The first-order valence-corrected chi connectivity index (χ1v) is 15.1.